The van der Waals surface area contributed by atoms with E-state index < -0.39 is 16.7 Å². The first-order valence-electron chi connectivity index (χ1n) is 9.72. The summed E-state index contributed by atoms with van der Waals surface area (Å²) in [5, 5.41) is 27.6. The van der Waals surface area contributed by atoms with Crippen LogP contribution in [0, 0.1) is 10.1 Å². The highest BCUT2D eigenvalue weighted by Gasteiger charge is 2.19. The lowest BCUT2D eigenvalue weighted by Gasteiger charge is -2.05. The minimum absolute atomic E-state index is 0.0846. The standard InChI is InChI=1S/C23H15ClN4O5S/c24-20-18-10-7-16(28(32)33)11-19(18)34-21(20)23(31)26-15-5-3-14(4-6-15)22(30)27-25-12-13-1-8-17(29)9-2-13/h1-12,29H,(H,26,31)(H,27,30)/b25-12-. The van der Waals surface area contributed by atoms with Gasteiger partial charge in [-0.1, -0.05) is 11.6 Å². The van der Waals surface area contributed by atoms with Gasteiger partial charge in [0.2, 0.25) is 0 Å². The number of aromatic hydroxyl groups is 1. The van der Waals surface area contributed by atoms with Crippen molar-refractivity contribution in [3.05, 3.63) is 97.9 Å². The third-order valence-electron chi connectivity index (χ3n) is 4.71. The number of fused-ring (bicyclic) bond motifs is 1. The van der Waals surface area contributed by atoms with Crippen molar-refractivity contribution in [2.75, 3.05) is 5.32 Å². The molecule has 34 heavy (non-hydrogen) atoms. The molecule has 0 atom stereocenters. The Hall–Kier alpha value is -4.28. The van der Waals surface area contributed by atoms with Crippen molar-refractivity contribution >= 4 is 62.4 Å². The van der Waals surface area contributed by atoms with E-state index in [0.717, 1.165) is 11.3 Å². The molecule has 0 bridgehead atoms. The van der Waals surface area contributed by atoms with Crippen molar-refractivity contribution < 1.29 is 19.6 Å². The molecule has 9 nitrogen and oxygen atoms in total. The molecular formula is C23H15ClN4O5S. The van der Waals surface area contributed by atoms with Crippen LogP contribution in [0.15, 0.2) is 71.8 Å². The number of carbonyl (C=O) groups excluding carboxylic acids is 2. The zero-order valence-corrected chi connectivity index (χ0v) is 18.8. The SMILES string of the molecule is O=C(N/N=C\c1ccc(O)cc1)c1ccc(NC(=O)c2sc3cc([N+](=O)[O-])ccc3c2Cl)cc1. The third kappa shape index (κ3) is 5.03. The molecule has 0 spiro atoms. The van der Waals surface area contributed by atoms with Crippen LogP contribution in [-0.4, -0.2) is 28.1 Å². The number of nitro benzene ring substituents is 1. The monoisotopic (exact) mass is 494 g/mol. The Morgan fingerprint density at radius 3 is 2.41 bits per heavy atom. The summed E-state index contributed by atoms with van der Waals surface area (Å²) in [5.41, 5.74) is 3.78. The lowest BCUT2D eigenvalue weighted by molar-refractivity contribution is -0.384. The van der Waals surface area contributed by atoms with Crippen LogP contribution in [0.1, 0.15) is 25.6 Å². The van der Waals surface area contributed by atoms with Gasteiger partial charge in [-0.3, -0.25) is 19.7 Å². The summed E-state index contributed by atoms with van der Waals surface area (Å²) in [6.07, 6.45) is 1.44. The zero-order chi connectivity index (χ0) is 24.2. The van der Waals surface area contributed by atoms with Gasteiger partial charge < -0.3 is 10.4 Å². The maximum absolute atomic E-state index is 12.7. The summed E-state index contributed by atoms with van der Waals surface area (Å²) in [7, 11) is 0. The van der Waals surface area contributed by atoms with Crippen LogP contribution in [0.25, 0.3) is 10.1 Å². The average molecular weight is 495 g/mol. The molecule has 0 aliphatic heterocycles. The van der Waals surface area contributed by atoms with E-state index in [-0.39, 0.29) is 21.3 Å². The average Bonchev–Trinajstić information content (AvgIpc) is 3.16. The molecule has 0 aliphatic carbocycles. The van der Waals surface area contributed by atoms with Gasteiger partial charge in [-0.25, -0.2) is 5.43 Å². The van der Waals surface area contributed by atoms with E-state index >= 15 is 0 Å². The third-order valence-corrected chi connectivity index (χ3v) is 6.36. The van der Waals surface area contributed by atoms with Crippen LogP contribution in [0.3, 0.4) is 0 Å². The Morgan fingerprint density at radius 2 is 1.74 bits per heavy atom. The van der Waals surface area contributed by atoms with Crippen LogP contribution >= 0.6 is 22.9 Å². The Morgan fingerprint density at radius 1 is 1.03 bits per heavy atom. The molecule has 0 unspecified atom stereocenters. The maximum Gasteiger partial charge on any atom is 0.271 e. The van der Waals surface area contributed by atoms with Gasteiger partial charge in [0, 0.05) is 33.5 Å². The van der Waals surface area contributed by atoms with Crippen molar-refractivity contribution in [1.82, 2.24) is 5.43 Å². The van der Waals surface area contributed by atoms with Crippen molar-refractivity contribution in [1.29, 1.82) is 0 Å². The Bertz CT molecular complexity index is 1430. The van der Waals surface area contributed by atoms with Crippen LogP contribution in [-0.2, 0) is 0 Å². The molecule has 11 heteroatoms. The van der Waals surface area contributed by atoms with E-state index in [2.05, 4.69) is 15.8 Å². The number of non-ortho nitro benzene ring substituents is 1. The highest BCUT2D eigenvalue weighted by atomic mass is 35.5. The number of nitro groups is 1. The normalized spacial score (nSPS) is 11.0. The highest BCUT2D eigenvalue weighted by Crippen LogP contribution is 2.37. The highest BCUT2D eigenvalue weighted by molar-refractivity contribution is 7.21. The first kappa shape index (κ1) is 22.9. The second kappa shape index (κ2) is 9.69. The number of hydrogen-bond donors (Lipinski definition) is 3. The molecule has 4 rings (SSSR count). The zero-order valence-electron chi connectivity index (χ0n) is 17.2. The van der Waals surface area contributed by atoms with Crippen molar-refractivity contribution in [2.24, 2.45) is 5.10 Å². The molecule has 0 radical (unpaired) electrons. The number of carbonyl (C=O) groups is 2. The van der Waals surface area contributed by atoms with Gasteiger partial charge in [0.1, 0.15) is 10.6 Å². The number of hydrazone groups is 1. The molecule has 0 saturated carbocycles. The smallest absolute Gasteiger partial charge is 0.271 e. The van der Waals surface area contributed by atoms with Crippen molar-refractivity contribution in [3.8, 4) is 5.75 Å². The number of nitrogens with zero attached hydrogens (tertiary/aromatic N) is 2. The lowest BCUT2D eigenvalue weighted by atomic mass is 10.2. The number of phenols is 1. The van der Waals surface area contributed by atoms with E-state index in [0.29, 0.717) is 26.9 Å². The van der Waals surface area contributed by atoms with Gasteiger partial charge >= 0.3 is 0 Å². The number of halogens is 1. The molecule has 1 aromatic heterocycles. The number of hydrogen-bond acceptors (Lipinski definition) is 7. The van der Waals surface area contributed by atoms with Gasteiger partial charge in [0.15, 0.2) is 0 Å². The summed E-state index contributed by atoms with van der Waals surface area (Å²) in [6, 6.07) is 16.7. The summed E-state index contributed by atoms with van der Waals surface area (Å²) < 4.78 is 0.532. The summed E-state index contributed by atoms with van der Waals surface area (Å²) in [4.78, 5) is 35.6. The van der Waals surface area contributed by atoms with E-state index in [1.807, 2.05) is 0 Å². The maximum atomic E-state index is 12.7. The Kier molecular flexibility index (Phi) is 6.53. The predicted molar refractivity (Wildman–Crippen MR) is 131 cm³/mol. The topological polar surface area (TPSA) is 134 Å². The first-order chi connectivity index (χ1) is 16.3. The van der Waals surface area contributed by atoms with Crippen LogP contribution in [0.2, 0.25) is 5.02 Å². The minimum Gasteiger partial charge on any atom is -0.508 e. The molecule has 3 aromatic carbocycles. The molecule has 4 aromatic rings. The fourth-order valence-electron chi connectivity index (χ4n) is 3.00. The van der Waals surface area contributed by atoms with Gasteiger partial charge in [0.05, 0.1) is 16.2 Å². The second-order valence-corrected chi connectivity index (χ2v) is 8.44. The molecule has 0 fully saturated rings. The van der Waals surface area contributed by atoms with E-state index in [1.54, 1.807) is 24.3 Å². The predicted octanol–water partition coefficient (Wildman–Crippen LogP) is 5.18. The van der Waals surface area contributed by atoms with Gasteiger partial charge in [0.25, 0.3) is 17.5 Å². The molecule has 170 valence electrons. The number of thiophene rings is 1. The lowest BCUT2D eigenvalue weighted by Crippen LogP contribution is -2.17. The van der Waals surface area contributed by atoms with Gasteiger partial charge in [-0.15, -0.1) is 11.3 Å². The van der Waals surface area contributed by atoms with E-state index in [9.17, 15) is 24.8 Å². The number of rotatable bonds is 6. The van der Waals surface area contributed by atoms with Crippen LogP contribution in [0.5, 0.6) is 5.75 Å². The van der Waals surface area contributed by atoms with Crippen molar-refractivity contribution in [2.45, 2.75) is 0 Å². The molecule has 2 amide bonds. The Labute approximate surface area is 201 Å². The minimum atomic E-state index is -0.511. The number of amides is 2. The fourth-order valence-corrected chi connectivity index (χ4v) is 4.44. The number of phenolic OH excluding ortho intramolecular Hbond substituents is 1. The van der Waals surface area contributed by atoms with Crippen LogP contribution < -0.4 is 10.7 Å². The van der Waals surface area contributed by atoms with E-state index in [4.69, 9.17) is 11.6 Å². The fraction of sp³-hybridized carbons (Fsp3) is 0. The van der Waals surface area contributed by atoms with Crippen molar-refractivity contribution in [3.63, 3.8) is 0 Å². The van der Waals surface area contributed by atoms with Gasteiger partial charge in [-0.2, -0.15) is 5.10 Å². The quantitative estimate of drug-likeness (QED) is 0.193. The number of nitrogens with one attached hydrogen (secondary N) is 2. The first-order valence-corrected chi connectivity index (χ1v) is 10.9. The van der Waals surface area contributed by atoms with Gasteiger partial charge in [-0.05, 0) is 60.2 Å². The van der Waals surface area contributed by atoms with Crippen LogP contribution in [0.4, 0.5) is 11.4 Å². The summed E-state index contributed by atoms with van der Waals surface area (Å²) in [6.45, 7) is 0. The number of benzene rings is 3. The molecular weight excluding hydrogens is 480 g/mol. The van der Waals surface area contributed by atoms with E-state index in [1.165, 1.54) is 48.7 Å². The molecule has 1 heterocycles. The molecule has 3 N–H and O–H groups in total. The Balaban J connectivity index is 1.41. The number of anilines is 1. The summed E-state index contributed by atoms with van der Waals surface area (Å²) in [5.74, 6) is -0.779. The largest absolute Gasteiger partial charge is 0.508 e. The summed E-state index contributed by atoms with van der Waals surface area (Å²) >= 11 is 7.38. The molecule has 0 saturated heterocycles. The molecule has 0 aliphatic rings. The second-order valence-electron chi connectivity index (χ2n) is 7.00.